The van der Waals surface area contributed by atoms with Gasteiger partial charge in [-0.2, -0.15) is 0 Å². The van der Waals surface area contributed by atoms with Gasteiger partial charge in [0.15, 0.2) is 0 Å². The lowest BCUT2D eigenvalue weighted by molar-refractivity contribution is -0.384. The van der Waals surface area contributed by atoms with Crippen molar-refractivity contribution in [3.63, 3.8) is 0 Å². The Kier molecular flexibility index (Phi) is 4.48. The topological polar surface area (TPSA) is 81.5 Å². The largest absolute Gasteiger partial charge is 0.493 e. The molecule has 0 aromatic heterocycles. The van der Waals surface area contributed by atoms with Gasteiger partial charge in [0.1, 0.15) is 10.8 Å². The Morgan fingerprint density at radius 2 is 2.12 bits per heavy atom. The van der Waals surface area contributed by atoms with Crippen LogP contribution >= 0.6 is 11.6 Å². The number of hydrogen-bond acceptors (Lipinski definition) is 4. The van der Waals surface area contributed by atoms with E-state index >= 15 is 0 Å². The zero-order valence-electron chi connectivity index (χ0n) is 12.5. The van der Waals surface area contributed by atoms with E-state index in [0.717, 1.165) is 23.3 Å². The number of nitrogens with zero attached hydrogens (tertiary/aromatic N) is 1. The summed E-state index contributed by atoms with van der Waals surface area (Å²) >= 11 is 5.74. The maximum absolute atomic E-state index is 12.0. The molecule has 6 nitrogen and oxygen atoms in total. The molecule has 1 aliphatic rings. The van der Waals surface area contributed by atoms with Crippen LogP contribution < -0.4 is 10.1 Å². The summed E-state index contributed by atoms with van der Waals surface area (Å²) in [5.74, 6) is 0.494. The van der Waals surface area contributed by atoms with Crippen LogP contribution in [0.1, 0.15) is 11.1 Å². The lowest BCUT2D eigenvalue weighted by Crippen LogP contribution is -2.08. The van der Waals surface area contributed by atoms with Crippen molar-refractivity contribution in [1.82, 2.24) is 0 Å². The van der Waals surface area contributed by atoms with E-state index in [4.69, 9.17) is 16.3 Å². The zero-order chi connectivity index (χ0) is 17.1. The van der Waals surface area contributed by atoms with Crippen LogP contribution in [-0.2, 0) is 11.2 Å². The fourth-order valence-corrected chi connectivity index (χ4v) is 2.58. The first-order valence-corrected chi connectivity index (χ1v) is 7.59. The van der Waals surface area contributed by atoms with E-state index in [0.29, 0.717) is 12.3 Å². The van der Waals surface area contributed by atoms with E-state index < -0.39 is 4.92 Å². The Morgan fingerprint density at radius 3 is 2.92 bits per heavy atom. The summed E-state index contributed by atoms with van der Waals surface area (Å²) in [6.45, 7) is 0.679. The smallest absolute Gasteiger partial charge is 0.289 e. The first kappa shape index (κ1) is 16.0. The number of rotatable bonds is 4. The molecule has 7 heteroatoms. The van der Waals surface area contributed by atoms with Crippen LogP contribution in [0.4, 0.5) is 11.4 Å². The standard InChI is InChI=1S/C17H13ClN2O4/c18-14-4-3-13(10-15(14)20(22)23)19-17(21)6-2-11-1-5-16-12(9-11)7-8-24-16/h1-6,9-10H,7-8H2,(H,19,21)/b6-2+. The lowest BCUT2D eigenvalue weighted by Gasteiger charge is -2.03. The van der Waals surface area contributed by atoms with Crippen molar-refractivity contribution in [2.24, 2.45) is 0 Å². The van der Waals surface area contributed by atoms with Gasteiger partial charge in [0, 0.05) is 24.3 Å². The average Bonchev–Trinajstić information content (AvgIpc) is 3.02. The minimum atomic E-state index is -0.597. The summed E-state index contributed by atoms with van der Waals surface area (Å²) in [4.78, 5) is 22.2. The number of halogens is 1. The van der Waals surface area contributed by atoms with Crippen LogP contribution in [0.3, 0.4) is 0 Å². The van der Waals surface area contributed by atoms with E-state index in [1.54, 1.807) is 6.08 Å². The third-order valence-electron chi connectivity index (χ3n) is 3.55. The summed E-state index contributed by atoms with van der Waals surface area (Å²) < 4.78 is 5.43. The molecule has 0 radical (unpaired) electrons. The van der Waals surface area contributed by atoms with Crippen LogP contribution in [0.15, 0.2) is 42.5 Å². The molecule has 0 spiro atoms. The quantitative estimate of drug-likeness (QED) is 0.519. The maximum atomic E-state index is 12.0. The third kappa shape index (κ3) is 3.55. The maximum Gasteiger partial charge on any atom is 0.289 e. The molecule has 3 rings (SSSR count). The summed E-state index contributed by atoms with van der Waals surface area (Å²) in [5.41, 5.74) is 2.06. The first-order chi connectivity index (χ1) is 11.5. The number of fused-ring (bicyclic) bond motifs is 1. The van der Waals surface area contributed by atoms with Gasteiger partial charge < -0.3 is 10.1 Å². The van der Waals surface area contributed by atoms with Crippen LogP contribution in [0.25, 0.3) is 6.08 Å². The molecule has 2 aromatic rings. The number of ether oxygens (including phenoxy) is 1. The summed E-state index contributed by atoms with van der Waals surface area (Å²) in [5, 5.41) is 13.4. The van der Waals surface area contributed by atoms with E-state index in [2.05, 4.69) is 5.32 Å². The van der Waals surface area contributed by atoms with Crippen LogP contribution in [0.5, 0.6) is 5.75 Å². The Hall–Kier alpha value is -2.86. The molecule has 1 amide bonds. The van der Waals surface area contributed by atoms with Crippen molar-refractivity contribution in [1.29, 1.82) is 0 Å². The number of nitro benzene ring substituents is 1. The molecule has 0 atom stereocenters. The number of amides is 1. The molecule has 1 N–H and O–H groups in total. The Morgan fingerprint density at radius 1 is 1.29 bits per heavy atom. The number of nitrogens with one attached hydrogen (secondary N) is 1. The van der Waals surface area contributed by atoms with Gasteiger partial charge in [-0.3, -0.25) is 14.9 Å². The fraction of sp³-hybridized carbons (Fsp3) is 0.118. The van der Waals surface area contributed by atoms with Gasteiger partial charge in [0.25, 0.3) is 5.69 Å². The van der Waals surface area contributed by atoms with E-state index in [1.165, 1.54) is 24.3 Å². The van der Waals surface area contributed by atoms with Gasteiger partial charge in [-0.05, 0) is 41.5 Å². The highest BCUT2D eigenvalue weighted by atomic mass is 35.5. The van der Waals surface area contributed by atoms with E-state index in [-0.39, 0.29) is 16.6 Å². The van der Waals surface area contributed by atoms with Gasteiger partial charge in [0.2, 0.25) is 5.91 Å². The summed E-state index contributed by atoms with van der Waals surface area (Å²) in [6, 6.07) is 9.82. The van der Waals surface area contributed by atoms with Gasteiger partial charge in [-0.25, -0.2) is 0 Å². The molecular weight excluding hydrogens is 332 g/mol. The van der Waals surface area contributed by atoms with Crippen LogP contribution in [0.2, 0.25) is 5.02 Å². The predicted octanol–water partition coefficient (Wildman–Crippen LogP) is 3.84. The molecule has 0 fully saturated rings. The Labute approximate surface area is 142 Å². The fourth-order valence-electron chi connectivity index (χ4n) is 2.40. The number of benzene rings is 2. The highest BCUT2D eigenvalue weighted by Gasteiger charge is 2.13. The minimum Gasteiger partial charge on any atom is -0.493 e. The molecule has 1 aliphatic heterocycles. The third-order valence-corrected chi connectivity index (χ3v) is 3.87. The molecule has 0 unspecified atom stereocenters. The SMILES string of the molecule is O=C(/C=C/c1ccc2c(c1)CCO2)Nc1ccc(Cl)c([N+](=O)[O-])c1. The highest BCUT2D eigenvalue weighted by Crippen LogP contribution is 2.28. The zero-order valence-corrected chi connectivity index (χ0v) is 13.2. The predicted molar refractivity (Wildman–Crippen MR) is 91.4 cm³/mol. The van der Waals surface area contributed by atoms with Crippen molar-refractivity contribution in [3.8, 4) is 5.75 Å². The molecule has 24 heavy (non-hydrogen) atoms. The number of anilines is 1. The van der Waals surface area contributed by atoms with Gasteiger partial charge in [-0.1, -0.05) is 17.7 Å². The van der Waals surface area contributed by atoms with Crippen molar-refractivity contribution < 1.29 is 14.5 Å². The molecule has 2 aromatic carbocycles. The molecule has 0 aliphatic carbocycles. The Balaban J connectivity index is 1.69. The van der Waals surface area contributed by atoms with Gasteiger partial charge in [0.05, 0.1) is 11.5 Å². The second-order valence-corrected chi connectivity index (χ2v) is 5.62. The number of carbonyl (C=O) groups excluding carboxylic acids is 1. The number of nitro groups is 1. The van der Waals surface area contributed by atoms with Crippen molar-refractivity contribution >= 4 is 35.0 Å². The summed E-state index contributed by atoms with van der Waals surface area (Å²) in [6.07, 6.45) is 3.91. The highest BCUT2D eigenvalue weighted by molar-refractivity contribution is 6.32. The molecule has 0 saturated carbocycles. The second-order valence-electron chi connectivity index (χ2n) is 5.21. The molecule has 0 saturated heterocycles. The monoisotopic (exact) mass is 344 g/mol. The first-order valence-electron chi connectivity index (χ1n) is 7.21. The molecular formula is C17H13ClN2O4. The van der Waals surface area contributed by atoms with Crippen molar-refractivity contribution in [3.05, 3.63) is 68.7 Å². The lowest BCUT2D eigenvalue weighted by atomic mass is 10.1. The van der Waals surface area contributed by atoms with Crippen LogP contribution in [0, 0.1) is 10.1 Å². The normalized spacial score (nSPS) is 12.7. The van der Waals surface area contributed by atoms with Gasteiger partial charge in [-0.15, -0.1) is 0 Å². The van der Waals surface area contributed by atoms with E-state index in [1.807, 2.05) is 18.2 Å². The van der Waals surface area contributed by atoms with Gasteiger partial charge >= 0.3 is 0 Å². The van der Waals surface area contributed by atoms with E-state index in [9.17, 15) is 14.9 Å². The summed E-state index contributed by atoms with van der Waals surface area (Å²) in [7, 11) is 0. The minimum absolute atomic E-state index is 0.0221. The van der Waals surface area contributed by atoms with Crippen molar-refractivity contribution in [2.45, 2.75) is 6.42 Å². The second kappa shape index (κ2) is 6.72. The molecule has 0 bridgehead atoms. The number of carbonyl (C=O) groups is 1. The number of hydrogen-bond donors (Lipinski definition) is 1. The molecule has 1 heterocycles. The van der Waals surface area contributed by atoms with Crippen molar-refractivity contribution in [2.75, 3.05) is 11.9 Å². The molecule has 122 valence electrons. The average molecular weight is 345 g/mol. The Bertz CT molecular complexity index is 848. The van der Waals surface area contributed by atoms with Crippen LogP contribution in [-0.4, -0.2) is 17.4 Å².